The summed E-state index contributed by atoms with van der Waals surface area (Å²) in [6.45, 7) is 9.41. The number of nitrogens with zero attached hydrogens (tertiary/aromatic N) is 1. The van der Waals surface area contributed by atoms with Crippen molar-refractivity contribution in [2.45, 2.75) is 32.8 Å². The first-order chi connectivity index (χ1) is 6.60. The molecule has 0 aromatic heterocycles. The summed E-state index contributed by atoms with van der Waals surface area (Å²) in [6.07, 6.45) is 0.441. The smallest absolute Gasteiger partial charge is 0.264 e. The molecule has 0 saturated heterocycles. The van der Waals surface area contributed by atoms with Crippen LogP contribution in [0.15, 0.2) is 12.2 Å². The van der Waals surface area contributed by atoms with Gasteiger partial charge in [0.2, 0.25) is 0 Å². The first kappa shape index (κ1) is 14.1. The quantitative estimate of drug-likeness (QED) is 0.405. The van der Waals surface area contributed by atoms with Gasteiger partial charge in [-0.1, -0.05) is 13.5 Å². The Morgan fingerprint density at radius 1 is 1.53 bits per heavy atom. The predicted molar refractivity (Wildman–Crippen MR) is 60.8 cm³/mol. The van der Waals surface area contributed by atoms with Gasteiger partial charge in [-0.2, -0.15) is 0 Å². The summed E-state index contributed by atoms with van der Waals surface area (Å²) >= 11 is 0. The molecule has 1 atom stereocenters. The van der Waals surface area contributed by atoms with Crippen LogP contribution in [0, 0.1) is 0 Å². The van der Waals surface area contributed by atoms with Crippen LogP contribution in [-0.4, -0.2) is 41.8 Å². The summed E-state index contributed by atoms with van der Waals surface area (Å²) in [7, 11) is 3.68. The minimum absolute atomic E-state index is 0.0301. The van der Waals surface area contributed by atoms with Gasteiger partial charge in [-0.05, 0) is 19.4 Å². The van der Waals surface area contributed by atoms with E-state index in [2.05, 4.69) is 12.0 Å². The molecule has 0 saturated carbocycles. The molecule has 0 rings (SSSR count). The number of amides is 1. The first-order valence-corrected chi connectivity index (χ1v) is 5.13. The number of carbonyl (C=O) groups is 1. The Labute approximate surface area is 92.1 Å². The van der Waals surface area contributed by atoms with E-state index in [1.54, 1.807) is 20.8 Å². The highest BCUT2D eigenvalue weighted by molar-refractivity contribution is 5.74. The van der Waals surface area contributed by atoms with Gasteiger partial charge in [0, 0.05) is 6.42 Å². The molecule has 1 amide bonds. The van der Waals surface area contributed by atoms with E-state index in [-0.39, 0.29) is 10.5 Å². The van der Waals surface area contributed by atoms with Gasteiger partial charge in [0.15, 0.2) is 0 Å². The number of likely N-dealkylation sites (N-methyl/N-ethyl adjacent to an activating group) is 1. The van der Waals surface area contributed by atoms with E-state index in [0.717, 1.165) is 0 Å². The number of hydrogen-bond donors (Lipinski definition) is 2. The van der Waals surface area contributed by atoms with Crippen LogP contribution < -0.4 is 5.43 Å². The monoisotopic (exact) mass is 215 g/mol. The second-order valence-corrected chi connectivity index (χ2v) is 4.79. The van der Waals surface area contributed by atoms with Gasteiger partial charge in [-0.15, -0.1) is 0 Å². The summed E-state index contributed by atoms with van der Waals surface area (Å²) in [5.74, 6) is -0.0301. The summed E-state index contributed by atoms with van der Waals surface area (Å²) in [6, 6.07) is 0. The predicted octanol–water partition coefficient (Wildman–Crippen LogP) is 0.831. The third-order valence-corrected chi connectivity index (χ3v) is 2.37. The van der Waals surface area contributed by atoms with Crippen LogP contribution in [0.3, 0.4) is 0 Å². The number of aliphatic hydroxyl groups is 1. The van der Waals surface area contributed by atoms with E-state index >= 15 is 0 Å². The molecule has 15 heavy (non-hydrogen) atoms. The van der Waals surface area contributed by atoms with Gasteiger partial charge in [-0.25, -0.2) is 10.0 Å². The Balaban J connectivity index is 4.50. The van der Waals surface area contributed by atoms with Crippen molar-refractivity contribution in [2.75, 3.05) is 20.6 Å². The van der Waals surface area contributed by atoms with Crippen molar-refractivity contribution in [2.24, 2.45) is 0 Å². The summed E-state index contributed by atoms with van der Waals surface area (Å²) in [4.78, 5) is 11.3. The largest absolute Gasteiger partial charge is 0.380 e. The molecule has 0 aromatic rings. The molecule has 0 fully saturated rings. The molecule has 88 valence electrons. The average molecular weight is 215 g/mol. The van der Waals surface area contributed by atoms with Crippen LogP contribution in [0.4, 0.5) is 0 Å². The van der Waals surface area contributed by atoms with Gasteiger partial charge < -0.3 is 5.11 Å². The highest BCUT2D eigenvalue weighted by Gasteiger charge is 2.32. The maximum absolute atomic E-state index is 11.3. The lowest BCUT2D eigenvalue weighted by Gasteiger charge is -2.35. The van der Waals surface area contributed by atoms with Crippen LogP contribution in [0.1, 0.15) is 27.2 Å². The van der Waals surface area contributed by atoms with Gasteiger partial charge >= 0.3 is 0 Å². The topological polar surface area (TPSA) is 49.3 Å². The molecular weight excluding hydrogens is 192 g/mol. The van der Waals surface area contributed by atoms with Gasteiger partial charge in [0.05, 0.1) is 14.1 Å². The molecule has 0 heterocycles. The van der Waals surface area contributed by atoms with Crippen LogP contribution in [0.25, 0.3) is 0 Å². The minimum atomic E-state index is -0.968. The molecule has 0 aromatic carbocycles. The second kappa shape index (κ2) is 4.77. The Kier molecular flexibility index (Phi) is 4.49. The third-order valence-electron chi connectivity index (χ3n) is 2.37. The Bertz CT molecular complexity index is 257. The van der Waals surface area contributed by atoms with E-state index in [1.807, 2.05) is 14.1 Å². The normalized spacial score (nSPS) is 15.6. The maximum atomic E-state index is 11.3. The fourth-order valence-corrected chi connectivity index (χ4v) is 1.36. The Hall–Kier alpha value is -0.870. The zero-order chi connectivity index (χ0) is 12.3. The van der Waals surface area contributed by atoms with E-state index in [1.165, 1.54) is 0 Å². The standard InChI is InChI=1S/C11H22N2O2/c1-7-10(14)12-13(5,6)8-11(4,15)9(2)3/h15H,2,7-8H2,1,3-6H3/p+1. The second-order valence-electron chi connectivity index (χ2n) is 4.79. The molecule has 0 spiro atoms. The third kappa shape index (κ3) is 4.95. The lowest BCUT2D eigenvalue weighted by atomic mass is 9.98. The van der Waals surface area contributed by atoms with Crippen molar-refractivity contribution in [3.05, 3.63) is 12.2 Å². The van der Waals surface area contributed by atoms with Gasteiger partial charge in [-0.3, -0.25) is 4.79 Å². The summed E-state index contributed by atoms with van der Waals surface area (Å²) in [5, 5.41) is 10.0. The van der Waals surface area contributed by atoms with E-state index in [4.69, 9.17) is 0 Å². The molecule has 0 aliphatic heterocycles. The van der Waals surface area contributed by atoms with Crippen molar-refractivity contribution in [3.8, 4) is 0 Å². The van der Waals surface area contributed by atoms with Crippen molar-refractivity contribution < 1.29 is 14.5 Å². The van der Waals surface area contributed by atoms with Gasteiger partial charge in [0.1, 0.15) is 12.1 Å². The van der Waals surface area contributed by atoms with E-state index < -0.39 is 5.60 Å². The van der Waals surface area contributed by atoms with E-state index in [0.29, 0.717) is 18.5 Å². The number of hydrogen-bond acceptors (Lipinski definition) is 2. The van der Waals surface area contributed by atoms with E-state index in [9.17, 15) is 9.90 Å². The molecule has 1 unspecified atom stereocenters. The molecule has 0 radical (unpaired) electrons. The Morgan fingerprint density at radius 2 is 2.00 bits per heavy atom. The summed E-state index contributed by atoms with van der Waals surface area (Å²) < 4.78 is 0.243. The number of carbonyl (C=O) groups excluding carboxylic acids is 1. The molecule has 0 aliphatic carbocycles. The molecular formula is C11H23N2O2+. The fourth-order valence-electron chi connectivity index (χ4n) is 1.36. The van der Waals surface area contributed by atoms with Crippen LogP contribution >= 0.6 is 0 Å². The number of quaternary nitrogens is 1. The van der Waals surface area contributed by atoms with Crippen molar-refractivity contribution >= 4 is 5.91 Å². The number of rotatable bonds is 5. The van der Waals surface area contributed by atoms with Gasteiger partial charge in [0.25, 0.3) is 5.91 Å². The first-order valence-electron chi connectivity index (χ1n) is 5.13. The highest BCUT2D eigenvalue weighted by Crippen LogP contribution is 2.16. The average Bonchev–Trinajstić information content (AvgIpc) is 2.00. The minimum Gasteiger partial charge on any atom is -0.380 e. The molecule has 2 N–H and O–H groups in total. The van der Waals surface area contributed by atoms with Crippen LogP contribution in [-0.2, 0) is 4.79 Å². The zero-order valence-electron chi connectivity index (χ0n) is 10.4. The Morgan fingerprint density at radius 3 is 2.33 bits per heavy atom. The zero-order valence-corrected chi connectivity index (χ0v) is 10.4. The lowest BCUT2D eigenvalue weighted by molar-refractivity contribution is -0.930. The summed E-state index contributed by atoms with van der Waals surface area (Å²) in [5.41, 5.74) is 2.54. The van der Waals surface area contributed by atoms with Crippen molar-refractivity contribution in [3.63, 3.8) is 0 Å². The van der Waals surface area contributed by atoms with Crippen LogP contribution in [0.2, 0.25) is 0 Å². The lowest BCUT2D eigenvalue weighted by Crippen LogP contribution is -2.60. The highest BCUT2D eigenvalue weighted by atomic mass is 16.3. The molecule has 0 aliphatic rings. The molecule has 4 heteroatoms. The molecule has 0 bridgehead atoms. The SMILES string of the molecule is C=C(C)C(C)(O)C[N+](C)(C)NC(=O)CC. The fraction of sp³-hybridized carbons (Fsp3) is 0.727. The number of nitrogens with one attached hydrogen (secondary N) is 1. The van der Waals surface area contributed by atoms with Crippen molar-refractivity contribution in [1.82, 2.24) is 5.43 Å². The van der Waals surface area contributed by atoms with Crippen LogP contribution in [0.5, 0.6) is 0 Å². The van der Waals surface area contributed by atoms with Crippen molar-refractivity contribution in [1.29, 1.82) is 0 Å². The molecule has 4 nitrogen and oxygen atoms in total. The maximum Gasteiger partial charge on any atom is 0.264 e.